The minimum atomic E-state index is -0.00337. The zero-order chi connectivity index (χ0) is 18.4. The summed E-state index contributed by atoms with van der Waals surface area (Å²) in [6, 6.07) is 15.8. The second-order valence-electron chi connectivity index (χ2n) is 5.88. The quantitative estimate of drug-likeness (QED) is 0.617. The van der Waals surface area contributed by atoms with Gasteiger partial charge in [0.2, 0.25) is 5.91 Å². The van der Waals surface area contributed by atoms with E-state index >= 15 is 0 Å². The van der Waals surface area contributed by atoms with Crippen molar-refractivity contribution in [3.63, 3.8) is 0 Å². The topological polar surface area (TPSA) is 46.9 Å². The molecule has 6 heteroatoms. The van der Waals surface area contributed by atoms with E-state index in [4.69, 9.17) is 11.6 Å². The van der Waals surface area contributed by atoms with E-state index in [9.17, 15) is 4.79 Å². The van der Waals surface area contributed by atoms with Gasteiger partial charge in [0.15, 0.2) is 5.16 Å². The van der Waals surface area contributed by atoms with Crippen molar-refractivity contribution in [3.8, 4) is 5.69 Å². The third-order valence-corrected chi connectivity index (χ3v) is 5.14. The molecule has 3 aromatic rings. The maximum absolute atomic E-state index is 12.1. The van der Waals surface area contributed by atoms with Crippen molar-refractivity contribution in [3.05, 3.63) is 77.1 Å². The summed E-state index contributed by atoms with van der Waals surface area (Å²) in [6.07, 6.45) is 4.43. The van der Waals surface area contributed by atoms with Crippen molar-refractivity contribution in [1.29, 1.82) is 0 Å². The highest BCUT2D eigenvalue weighted by molar-refractivity contribution is 7.99. The molecular weight excluding hydrogens is 366 g/mol. The van der Waals surface area contributed by atoms with Crippen molar-refractivity contribution in [2.24, 2.45) is 0 Å². The van der Waals surface area contributed by atoms with Crippen molar-refractivity contribution in [2.75, 3.05) is 12.3 Å². The zero-order valence-corrected chi connectivity index (χ0v) is 16.1. The van der Waals surface area contributed by atoms with E-state index in [-0.39, 0.29) is 5.91 Å². The van der Waals surface area contributed by atoms with Crippen LogP contribution in [-0.4, -0.2) is 27.8 Å². The van der Waals surface area contributed by atoms with E-state index in [1.54, 1.807) is 6.20 Å². The molecular formula is C20H20ClN3OS. The van der Waals surface area contributed by atoms with Gasteiger partial charge in [-0.15, -0.1) is 0 Å². The SMILES string of the molecule is Cc1ccccc1-n1ccnc1SCC(=O)NCCc1cccc(Cl)c1. The van der Waals surface area contributed by atoms with Gasteiger partial charge in [-0.25, -0.2) is 4.98 Å². The van der Waals surface area contributed by atoms with Crippen molar-refractivity contribution >= 4 is 29.3 Å². The Morgan fingerprint density at radius 3 is 2.88 bits per heavy atom. The number of rotatable bonds is 7. The number of benzene rings is 2. The lowest BCUT2D eigenvalue weighted by Gasteiger charge is -2.10. The molecule has 0 fully saturated rings. The Labute approximate surface area is 162 Å². The summed E-state index contributed by atoms with van der Waals surface area (Å²) in [5.41, 5.74) is 3.35. The number of amides is 1. The average Bonchev–Trinajstić information content (AvgIpc) is 3.09. The monoisotopic (exact) mass is 385 g/mol. The fourth-order valence-corrected chi connectivity index (χ4v) is 3.64. The van der Waals surface area contributed by atoms with Crippen LogP contribution in [0, 0.1) is 6.92 Å². The Morgan fingerprint density at radius 1 is 1.23 bits per heavy atom. The van der Waals surface area contributed by atoms with Gasteiger partial charge in [-0.2, -0.15) is 0 Å². The highest BCUT2D eigenvalue weighted by Gasteiger charge is 2.10. The number of imidazole rings is 1. The van der Waals surface area contributed by atoms with Gasteiger partial charge in [0.05, 0.1) is 11.4 Å². The van der Waals surface area contributed by atoms with Crippen LogP contribution in [0.2, 0.25) is 5.02 Å². The van der Waals surface area contributed by atoms with Gasteiger partial charge in [0, 0.05) is 24.0 Å². The Kier molecular flexibility index (Phi) is 6.36. The zero-order valence-electron chi connectivity index (χ0n) is 14.5. The Bertz CT molecular complexity index is 894. The molecule has 0 aliphatic carbocycles. The Hall–Kier alpha value is -2.24. The number of thioether (sulfide) groups is 1. The van der Waals surface area contributed by atoms with Crippen LogP contribution in [0.4, 0.5) is 0 Å². The van der Waals surface area contributed by atoms with E-state index in [1.165, 1.54) is 17.3 Å². The molecule has 1 amide bonds. The minimum Gasteiger partial charge on any atom is -0.355 e. The summed E-state index contributed by atoms with van der Waals surface area (Å²) < 4.78 is 2.01. The van der Waals surface area contributed by atoms with Crippen LogP contribution >= 0.6 is 23.4 Å². The maximum Gasteiger partial charge on any atom is 0.230 e. The number of halogens is 1. The predicted molar refractivity (Wildman–Crippen MR) is 107 cm³/mol. The molecule has 0 saturated carbocycles. The number of carbonyl (C=O) groups excluding carboxylic acids is 1. The molecule has 1 N–H and O–H groups in total. The van der Waals surface area contributed by atoms with Crippen LogP contribution in [-0.2, 0) is 11.2 Å². The highest BCUT2D eigenvalue weighted by Crippen LogP contribution is 2.22. The summed E-state index contributed by atoms with van der Waals surface area (Å²) in [5, 5.41) is 4.47. The molecule has 0 aliphatic heterocycles. The van der Waals surface area contributed by atoms with E-state index in [1.807, 2.05) is 53.2 Å². The van der Waals surface area contributed by atoms with E-state index in [0.29, 0.717) is 17.3 Å². The van der Waals surface area contributed by atoms with Gasteiger partial charge in [0.25, 0.3) is 0 Å². The fraction of sp³-hybridized carbons (Fsp3) is 0.200. The number of aryl methyl sites for hydroxylation is 1. The minimum absolute atomic E-state index is 0.00337. The van der Waals surface area contributed by atoms with Gasteiger partial charge in [-0.05, 0) is 42.7 Å². The first-order chi connectivity index (χ1) is 12.6. The average molecular weight is 386 g/mol. The number of aromatic nitrogens is 2. The van der Waals surface area contributed by atoms with Crippen LogP contribution < -0.4 is 5.32 Å². The van der Waals surface area contributed by atoms with E-state index in [2.05, 4.69) is 23.3 Å². The normalized spacial score (nSPS) is 10.7. The number of para-hydroxylation sites is 1. The molecule has 1 aromatic heterocycles. The number of hydrogen-bond acceptors (Lipinski definition) is 3. The van der Waals surface area contributed by atoms with Gasteiger partial charge in [-0.3, -0.25) is 9.36 Å². The summed E-state index contributed by atoms with van der Waals surface area (Å²) in [4.78, 5) is 16.5. The Balaban J connectivity index is 1.51. The first-order valence-corrected chi connectivity index (χ1v) is 9.73. The molecule has 0 saturated heterocycles. The summed E-state index contributed by atoms with van der Waals surface area (Å²) in [7, 11) is 0. The lowest BCUT2D eigenvalue weighted by molar-refractivity contribution is -0.118. The summed E-state index contributed by atoms with van der Waals surface area (Å²) >= 11 is 7.40. The lowest BCUT2D eigenvalue weighted by atomic mass is 10.1. The van der Waals surface area contributed by atoms with Crippen LogP contribution in [0.1, 0.15) is 11.1 Å². The number of carbonyl (C=O) groups is 1. The van der Waals surface area contributed by atoms with Crippen LogP contribution in [0.25, 0.3) is 5.69 Å². The third kappa shape index (κ3) is 4.90. The second-order valence-corrected chi connectivity index (χ2v) is 7.26. The Morgan fingerprint density at radius 2 is 2.08 bits per heavy atom. The van der Waals surface area contributed by atoms with Gasteiger partial charge >= 0.3 is 0 Å². The molecule has 26 heavy (non-hydrogen) atoms. The van der Waals surface area contributed by atoms with E-state index in [0.717, 1.165) is 22.8 Å². The number of nitrogens with zero attached hydrogens (tertiary/aromatic N) is 2. The molecule has 3 rings (SSSR count). The van der Waals surface area contributed by atoms with Gasteiger partial charge in [0.1, 0.15) is 0 Å². The molecule has 4 nitrogen and oxygen atoms in total. The third-order valence-electron chi connectivity index (χ3n) is 3.94. The first-order valence-electron chi connectivity index (χ1n) is 8.37. The van der Waals surface area contributed by atoms with E-state index < -0.39 is 0 Å². The second kappa shape index (κ2) is 8.92. The molecule has 2 aromatic carbocycles. The standard InChI is InChI=1S/C20H20ClN3OS/c1-15-5-2-3-8-18(15)24-12-11-23-20(24)26-14-19(25)22-10-9-16-6-4-7-17(21)13-16/h2-8,11-13H,9-10,14H2,1H3,(H,22,25). The van der Waals surface area contributed by atoms with Crippen LogP contribution in [0.15, 0.2) is 66.1 Å². The summed E-state index contributed by atoms with van der Waals surface area (Å²) in [5.74, 6) is 0.328. The molecule has 134 valence electrons. The molecule has 1 heterocycles. The summed E-state index contributed by atoms with van der Waals surface area (Å²) in [6.45, 7) is 2.65. The molecule has 0 spiro atoms. The van der Waals surface area contributed by atoms with Crippen molar-refractivity contribution in [1.82, 2.24) is 14.9 Å². The van der Waals surface area contributed by atoms with Crippen molar-refractivity contribution in [2.45, 2.75) is 18.5 Å². The van der Waals surface area contributed by atoms with Crippen molar-refractivity contribution < 1.29 is 4.79 Å². The molecule has 0 radical (unpaired) electrons. The largest absolute Gasteiger partial charge is 0.355 e. The predicted octanol–water partition coefficient (Wildman–Crippen LogP) is 4.29. The molecule has 0 atom stereocenters. The van der Waals surface area contributed by atoms with Gasteiger partial charge in [-0.1, -0.05) is 53.7 Å². The van der Waals surface area contributed by atoms with Crippen LogP contribution in [0.5, 0.6) is 0 Å². The molecule has 0 bridgehead atoms. The lowest BCUT2D eigenvalue weighted by Crippen LogP contribution is -2.27. The highest BCUT2D eigenvalue weighted by atomic mass is 35.5. The number of hydrogen-bond donors (Lipinski definition) is 1. The molecule has 0 unspecified atom stereocenters. The van der Waals surface area contributed by atoms with Gasteiger partial charge < -0.3 is 5.32 Å². The first kappa shape index (κ1) is 18.5. The van der Waals surface area contributed by atoms with Crippen LogP contribution in [0.3, 0.4) is 0 Å². The molecule has 0 aliphatic rings. The number of nitrogens with one attached hydrogen (secondary N) is 1. The maximum atomic E-state index is 12.1. The fourth-order valence-electron chi connectivity index (χ4n) is 2.63. The smallest absolute Gasteiger partial charge is 0.230 e.